The van der Waals surface area contributed by atoms with E-state index in [0.29, 0.717) is 25.1 Å². The van der Waals surface area contributed by atoms with Gasteiger partial charge in [-0.1, -0.05) is 13.3 Å². The van der Waals surface area contributed by atoms with Crippen LogP contribution in [0.3, 0.4) is 0 Å². The number of amides is 1. The highest BCUT2D eigenvalue weighted by molar-refractivity contribution is 6.10. The average molecular weight is 304 g/mol. The molecule has 22 heavy (non-hydrogen) atoms. The highest BCUT2D eigenvalue weighted by atomic mass is 16.1. The monoisotopic (exact) mass is 304 g/mol. The van der Waals surface area contributed by atoms with Crippen LogP contribution in [0.5, 0.6) is 0 Å². The van der Waals surface area contributed by atoms with Crippen molar-refractivity contribution < 1.29 is 9.59 Å². The molecule has 0 saturated carbocycles. The SMILES string of the molecule is CCCCn1nc(C(N)=O)c2c1C(=O)C(=CN(C)C)CCC2. The molecule has 0 atom stereocenters. The van der Waals surface area contributed by atoms with Gasteiger partial charge in [0, 0.05) is 38.0 Å². The normalized spacial score (nSPS) is 16.5. The maximum Gasteiger partial charge on any atom is 0.269 e. The van der Waals surface area contributed by atoms with Gasteiger partial charge in [0.05, 0.1) is 0 Å². The number of aromatic nitrogens is 2. The van der Waals surface area contributed by atoms with E-state index in [0.717, 1.165) is 30.4 Å². The number of ketones is 1. The number of nitrogens with zero attached hydrogens (tertiary/aromatic N) is 3. The molecule has 2 rings (SSSR count). The van der Waals surface area contributed by atoms with Crippen LogP contribution in [0.25, 0.3) is 0 Å². The summed E-state index contributed by atoms with van der Waals surface area (Å²) < 4.78 is 1.68. The van der Waals surface area contributed by atoms with Gasteiger partial charge in [0.2, 0.25) is 5.78 Å². The Balaban J connectivity index is 2.53. The van der Waals surface area contributed by atoms with Crippen LogP contribution in [0.4, 0.5) is 0 Å². The number of allylic oxidation sites excluding steroid dienone is 1. The molecular formula is C16H24N4O2. The second kappa shape index (κ2) is 6.77. The van der Waals surface area contributed by atoms with Crippen molar-refractivity contribution in [1.82, 2.24) is 14.7 Å². The molecule has 0 fully saturated rings. The summed E-state index contributed by atoms with van der Waals surface area (Å²) in [6, 6.07) is 0. The van der Waals surface area contributed by atoms with E-state index in [4.69, 9.17) is 5.73 Å². The molecule has 120 valence electrons. The largest absolute Gasteiger partial charge is 0.383 e. The standard InChI is InChI=1S/C16H24N4O2/c1-4-5-9-20-14-12(13(18-20)16(17)22)8-6-7-11(15(14)21)10-19(2)3/h10H,4-9H2,1-3H3,(H2,17,22). The van der Waals surface area contributed by atoms with E-state index in [2.05, 4.69) is 12.0 Å². The molecule has 1 aliphatic rings. The molecule has 2 N–H and O–H groups in total. The molecule has 1 aromatic heterocycles. The molecule has 0 aromatic carbocycles. The minimum Gasteiger partial charge on any atom is -0.383 e. The molecule has 1 aliphatic carbocycles. The summed E-state index contributed by atoms with van der Waals surface area (Å²) in [6.45, 7) is 2.71. The first-order chi connectivity index (χ1) is 10.5. The third-order valence-electron chi connectivity index (χ3n) is 3.80. The Bertz CT molecular complexity index is 614. The van der Waals surface area contributed by atoms with E-state index in [-0.39, 0.29) is 11.5 Å². The second-order valence-corrected chi connectivity index (χ2v) is 5.92. The van der Waals surface area contributed by atoms with Crippen LogP contribution in [0.2, 0.25) is 0 Å². The van der Waals surface area contributed by atoms with E-state index in [1.165, 1.54) is 0 Å². The van der Waals surface area contributed by atoms with Gasteiger partial charge in [-0.15, -0.1) is 0 Å². The highest BCUT2D eigenvalue weighted by Gasteiger charge is 2.29. The lowest BCUT2D eigenvalue weighted by Gasteiger charge is -2.11. The zero-order valence-electron chi connectivity index (χ0n) is 13.6. The Morgan fingerprint density at radius 3 is 2.73 bits per heavy atom. The van der Waals surface area contributed by atoms with Gasteiger partial charge in [-0.2, -0.15) is 5.10 Å². The topological polar surface area (TPSA) is 81.2 Å². The van der Waals surface area contributed by atoms with Gasteiger partial charge in [0.25, 0.3) is 5.91 Å². The number of unbranched alkanes of at least 4 members (excludes halogenated alkanes) is 1. The Labute approximate surface area is 131 Å². The number of Topliss-reactive ketones (excluding diaryl/α,β-unsaturated/α-hetero) is 1. The summed E-state index contributed by atoms with van der Waals surface area (Å²) in [4.78, 5) is 26.4. The van der Waals surface area contributed by atoms with Crippen molar-refractivity contribution in [3.8, 4) is 0 Å². The maximum absolute atomic E-state index is 12.9. The fraction of sp³-hybridized carbons (Fsp3) is 0.562. The molecule has 0 spiro atoms. The highest BCUT2D eigenvalue weighted by Crippen LogP contribution is 2.27. The summed E-state index contributed by atoms with van der Waals surface area (Å²) in [5.41, 5.74) is 7.73. The second-order valence-electron chi connectivity index (χ2n) is 5.92. The van der Waals surface area contributed by atoms with Gasteiger partial charge in [-0.25, -0.2) is 0 Å². The van der Waals surface area contributed by atoms with Gasteiger partial charge in [-0.3, -0.25) is 14.3 Å². The van der Waals surface area contributed by atoms with Crippen LogP contribution in [0.15, 0.2) is 11.8 Å². The van der Waals surface area contributed by atoms with Gasteiger partial charge in [0.1, 0.15) is 5.69 Å². The Hall–Kier alpha value is -2.11. The molecule has 0 radical (unpaired) electrons. The molecule has 1 heterocycles. The van der Waals surface area contributed by atoms with E-state index in [1.807, 2.05) is 25.2 Å². The van der Waals surface area contributed by atoms with Crippen molar-refractivity contribution in [3.05, 3.63) is 28.7 Å². The summed E-state index contributed by atoms with van der Waals surface area (Å²) in [7, 11) is 3.80. The molecule has 0 bridgehead atoms. The number of hydrogen-bond donors (Lipinski definition) is 1. The molecule has 0 unspecified atom stereocenters. The first-order valence-electron chi connectivity index (χ1n) is 7.77. The summed E-state index contributed by atoms with van der Waals surface area (Å²) in [6.07, 6.45) is 5.95. The molecular weight excluding hydrogens is 280 g/mol. The number of nitrogens with two attached hydrogens (primary N) is 1. The lowest BCUT2D eigenvalue weighted by atomic mass is 10.1. The van der Waals surface area contributed by atoms with Crippen LogP contribution in [0, 0.1) is 0 Å². The molecule has 0 aliphatic heterocycles. The number of fused-ring (bicyclic) bond motifs is 1. The zero-order chi connectivity index (χ0) is 16.3. The van der Waals surface area contributed by atoms with E-state index >= 15 is 0 Å². The molecule has 0 saturated heterocycles. The van der Waals surface area contributed by atoms with Crippen LogP contribution in [-0.4, -0.2) is 40.5 Å². The molecule has 6 heteroatoms. The summed E-state index contributed by atoms with van der Waals surface area (Å²) >= 11 is 0. The van der Waals surface area contributed by atoms with Gasteiger partial charge in [-0.05, 0) is 25.7 Å². The van der Waals surface area contributed by atoms with Crippen molar-refractivity contribution in [3.63, 3.8) is 0 Å². The molecule has 1 amide bonds. The Morgan fingerprint density at radius 2 is 2.14 bits per heavy atom. The number of aryl methyl sites for hydroxylation is 1. The lowest BCUT2D eigenvalue weighted by Crippen LogP contribution is -2.15. The third kappa shape index (κ3) is 3.21. The zero-order valence-corrected chi connectivity index (χ0v) is 13.6. The van der Waals surface area contributed by atoms with Gasteiger partial charge < -0.3 is 10.6 Å². The Kier molecular flexibility index (Phi) is 5.00. The summed E-state index contributed by atoms with van der Waals surface area (Å²) in [5, 5.41) is 4.31. The fourth-order valence-electron chi connectivity index (χ4n) is 2.81. The van der Waals surface area contributed by atoms with E-state index < -0.39 is 5.91 Å². The lowest BCUT2D eigenvalue weighted by molar-refractivity contribution is 0.0991. The predicted octanol–water partition coefficient (Wildman–Crippen LogP) is 1.75. The Morgan fingerprint density at radius 1 is 1.41 bits per heavy atom. The average Bonchev–Trinajstić information content (AvgIpc) is 2.74. The van der Waals surface area contributed by atoms with Crippen molar-refractivity contribution in [2.45, 2.75) is 45.6 Å². The molecule has 6 nitrogen and oxygen atoms in total. The van der Waals surface area contributed by atoms with Gasteiger partial charge >= 0.3 is 0 Å². The number of carbonyl (C=O) groups is 2. The molecule has 1 aromatic rings. The van der Waals surface area contributed by atoms with Crippen LogP contribution in [-0.2, 0) is 13.0 Å². The number of primary amides is 1. The van der Waals surface area contributed by atoms with Crippen LogP contribution in [0.1, 0.15) is 59.1 Å². The maximum atomic E-state index is 12.9. The summed E-state index contributed by atoms with van der Waals surface area (Å²) in [5.74, 6) is -0.586. The van der Waals surface area contributed by atoms with E-state index in [9.17, 15) is 9.59 Å². The fourth-order valence-corrected chi connectivity index (χ4v) is 2.81. The number of rotatable bonds is 5. The first kappa shape index (κ1) is 16.3. The van der Waals surface area contributed by atoms with E-state index in [1.54, 1.807) is 4.68 Å². The predicted molar refractivity (Wildman–Crippen MR) is 84.7 cm³/mol. The van der Waals surface area contributed by atoms with Crippen LogP contribution < -0.4 is 5.73 Å². The number of carbonyl (C=O) groups excluding carboxylic acids is 2. The third-order valence-corrected chi connectivity index (χ3v) is 3.80. The minimum atomic E-state index is -0.556. The van der Waals surface area contributed by atoms with Crippen molar-refractivity contribution in [2.24, 2.45) is 5.73 Å². The van der Waals surface area contributed by atoms with Crippen LogP contribution >= 0.6 is 0 Å². The van der Waals surface area contributed by atoms with Crippen molar-refractivity contribution in [2.75, 3.05) is 14.1 Å². The minimum absolute atomic E-state index is 0.0303. The van der Waals surface area contributed by atoms with Crippen molar-refractivity contribution in [1.29, 1.82) is 0 Å². The van der Waals surface area contributed by atoms with Crippen molar-refractivity contribution >= 4 is 11.7 Å². The first-order valence-corrected chi connectivity index (χ1v) is 7.77. The number of hydrogen-bond acceptors (Lipinski definition) is 4. The smallest absolute Gasteiger partial charge is 0.269 e. The van der Waals surface area contributed by atoms with Gasteiger partial charge in [0.15, 0.2) is 5.69 Å². The quantitative estimate of drug-likeness (QED) is 0.663.